The van der Waals surface area contributed by atoms with Crippen LogP contribution in [0.1, 0.15) is 18.4 Å². The zero-order chi connectivity index (χ0) is 19.7. The van der Waals surface area contributed by atoms with Crippen LogP contribution in [0.4, 0.5) is 0 Å². The lowest BCUT2D eigenvalue weighted by Gasteiger charge is -2.11. The van der Waals surface area contributed by atoms with Crippen molar-refractivity contribution >= 4 is 28.7 Å². The Morgan fingerprint density at radius 2 is 2.29 bits per heavy atom. The first-order valence-electron chi connectivity index (χ1n) is 8.98. The van der Waals surface area contributed by atoms with Crippen LogP contribution in [0.25, 0.3) is 16.9 Å². The number of fused-ring (bicyclic) bond motifs is 1. The second-order valence-electron chi connectivity index (χ2n) is 6.72. The number of hydrogen-bond donors (Lipinski definition) is 1. The molecule has 146 valence electrons. The van der Waals surface area contributed by atoms with Crippen molar-refractivity contribution in [2.45, 2.75) is 32.4 Å². The lowest BCUT2D eigenvalue weighted by molar-refractivity contribution is -0.122. The highest BCUT2D eigenvalue weighted by atomic mass is 35.5. The highest BCUT2D eigenvalue weighted by molar-refractivity contribution is 6.31. The summed E-state index contributed by atoms with van der Waals surface area (Å²) in [6, 6.07) is 5.41. The predicted octanol–water partition coefficient (Wildman–Crippen LogP) is 1.23. The van der Waals surface area contributed by atoms with Crippen molar-refractivity contribution in [3.63, 3.8) is 0 Å². The van der Waals surface area contributed by atoms with Crippen molar-refractivity contribution in [3.8, 4) is 5.69 Å². The van der Waals surface area contributed by atoms with E-state index in [1.807, 2.05) is 19.1 Å². The summed E-state index contributed by atoms with van der Waals surface area (Å²) in [7, 11) is 0. The largest absolute Gasteiger partial charge is 0.376 e. The third-order valence-electron chi connectivity index (χ3n) is 4.69. The van der Waals surface area contributed by atoms with Crippen molar-refractivity contribution < 1.29 is 9.53 Å². The monoisotopic (exact) mass is 402 g/mol. The van der Waals surface area contributed by atoms with Gasteiger partial charge in [-0.05, 0) is 37.5 Å². The fourth-order valence-corrected chi connectivity index (χ4v) is 3.26. The van der Waals surface area contributed by atoms with E-state index in [0.717, 1.165) is 25.0 Å². The molecule has 0 saturated carbocycles. The lowest BCUT2D eigenvalue weighted by Crippen LogP contribution is -2.36. The number of benzene rings is 1. The van der Waals surface area contributed by atoms with Crippen molar-refractivity contribution in [3.05, 3.63) is 45.5 Å². The number of amides is 1. The lowest BCUT2D eigenvalue weighted by atomic mass is 10.2. The van der Waals surface area contributed by atoms with Gasteiger partial charge < -0.3 is 10.1 Å². The maximum atomic E-state index is 12.7. The Morgan fingerprint density at radius 3 is 3.04 bits per heavy atom. The van der Waals surface area contributed by atoms with Gasteiger partial charge in [0.25, 0.3) is 5.56 Å². The molecular formula is C18H19ClN6O3. The fourth-order valence-electron chi connectivity index (χ4n) is 3.09. The van der Waals surface area contributed by atoms with E-state index in [0.29, 0.717) is 22.9 Å². The van der Waals surface area contributed by atoms with Gasteiger partial charge in [-0.3, -0.25) is 14.2 Å². The van der Waals surface area contributed by atoms with Crippen LogP contribution in [-0.2, 0) is 16.1 Å². The first-order valence-corrected chi connectivity index (χ1v) is 9.36. The van der Waals surface area contributed by atoms with E-state index in [4.69, 9.17) is 16.3 Å². The summed E-state index contributed by atoms with van der Waals surface area (Å²) >= 11 is 6.17. The quantitative estimate of drug-likeness (QED) is 0.688. The molecule has 1 aliphatic heterocycles. The van der Waals surface area contributed by atoms with Gasteiger partial charge in [-0.25, -0.2) is 4.98 Å². The van der Waals surface area contributed by atoms with Crippen LogP contribution in [0.3, 0.4) is 0 Å². The van der Waals surface area contributed by atoms with Crippen LogP contribution < -0.4 is 10.9 Å². The van der Waals surface area contributed by atoms with Gasteiger partial charge in [0.05, 0.1) is 11.8 Å². The number of nitrogens with zero attached hydrogens (tertiary/aromatic N) is 5. The number of aromatic nitrogens is 5. The summed E-state index contributed by atoms with van der Waals surface area (Å²) in [4.78, 5) is 29.1. The average molecular weight is 403 g/mol. The molecule has 1 aliphatic rings. The topological polar surface area (TPSA) is 104 Å². The number of carbonyl (C=O) groups excluding carboxylic acids is 1. The van der Waals surface area contributed by atoms with Crippen molar-refractivity contribution in [1.29, 1.82) is 0 Å². The second kappa shape index (κ2) is 7.69. The number of hydrogen-bond acceptors (Lipinski definition) is 6. The Balaban J connectivity index is 1.55. The smallest absolute Gasteiger partial charge is 0.284 e. The van der Waals surface area contributed by atoms with Gasteiger partial charge in [0, 0.05) is 18.2 Å². The molecule has 3 heterocycles. The molecular weight excluding hydrogens is 384 g/mol. The molecule has 1 aromatic carbocycles. The van der Waals surface area contributed by atoms with E-state index < -0.39 is 5.56 Å². The molecule has 3 aromatic rings. The van der Waals surface area contributed by atoms with E-state index >= 15 is 0 Å². The molecule has 1 N–H and O–H groups in total. The third-order valence-corrected chi connectivity index (χ3v) is 5.10. The normalized spacial score (nSPS) is 16.6. The molecule has 1 atom stereocenters. The maximum absolute atomic E-state index is 12.7. The molecule has 1 unspecified atom stereocenters. The molecule has 1 fully saturated rings. The minimum Gasteiger partial charge on any atom is -0.376 e. The molecule has 2 aromatic heterocycles. The molecule has 4 rings (SSSR count). The number of carbonyl (C=O) groups is 1. The minimum atomic E-state index is -0.429. The number of rotatable bonds is 5. The number of ether oxygens (including phenoxy) is 1. The molecule has 0 radical (unpaired) electrons. The van der Waals surface area contributed by atoms with Crippen LogP contribution in [0.15, 0.2) is 29.3 Å². The zero-order valence-electron chi connectivity index (χ0n) is 15.3. The van der Waals surface area contributed by atoms with Gasteiger partial charge in [-0.2, -0.15) is 4.68 Å². The van der Waals surface area contributed by atoms with Crippen LogP contribution in [0, 0.1) is 6.92 Å². The van der Waals surface area contributed by atoms with E-state index in [1.54, 1.807) is 6.07 Å². The number of halogens is 1. The summed E-state index contributed by atoms with van der Waals surface area (Å²) in [5.74, 6) is -0.281. The number of nitrogens with one attached hydrogen (secondary N) is 1. The van der Waals surface area contributed by atoms with Gasteiger partial charge in [-0.1, -0.05) is 22.9 Å². The molecule has 0 aliphatic carbocycles. The van der Waals surface area contributed by atoms with Gasteiger partial charge in [0.2, 0.25) is 5.91 Å². The van der Waals surface area contributed by atoms with E-state index in [9.17, 15) is 9.59 Å². The molecule has 0 spiro atoms. The molecule has 10 heteroatoms. The van der Waals surface area contributed by atoms with Gasteiger partial charge in [0.15, 0.2) is 11.2 Å². The highest BCUT2D eigenvalue weighted by Gasteiger charge is 2.18. The molecule has 1 saturated heterocycles. The number of aryl methyl sites for hydroxylation is 1. The van der Waals surface area contributed by atoms with Crippen molar-refractivity contribution in [2.75, 3.05) is 13.2 Å². The van der Waals surface area contributed by atoms with Gasteiger partial charge in [-0.15, -0.1) is 5.10 Å². The first-order chi connectivity index (χ1) is 13.5. The summed E-state index contributed by atoms with van der Waals surface area (Å²) in [5, 5.41) is 11.3. The first kappa shape index (κ1) is 18.6. The van der Waals surface area contributed by atoms with Crippen LogP contribution in [0.5, 0.6) is 0 Å². The second-order valence-corrected chi connectivity index (χ2v) is 7.13. The van der Waals surface area contributed by atoms with Crippen LogP contribution in [0.2, 0.25) is 5.02 Å². The Labute approximate surface area is 165 Å². The summed E-state index contributed by atoms with van der Waals surface area (Å²) < 4.78 is 8.13. The molecule has 1 amide bonds. The Kier molecular flexibility index (Phi) is 5.10. The van der Waals surface area contributed by atoms with E-state index in [2.05, 4.69) is 20.6 Å². The summed E-state index contributed by atoms with van der Waals surface area (Å²) in [6.45, 7) is 2.92. The third kappa shape index (κ3) is 3.63. The minimum absolute atomic E-state index is 0.0440. The van der Waals surface area contributed by atoms with Crippen molar-refractivity contribution in [2.24, 2.45) is 0 Å². The van der Waals surface area contributed by atoms with Gasteiger partial charge in [0.1, 0.15) is 12.9 Å². The van der Waals surface area contributed by atoms with E-state index in [-0.39, 0.29) is 24.1 Å². The zero-order valence-corrected chi connectivity index (χ0v) is 16.0. The van der Waals surface area contributed by atoms with Crippen LogP contribution in [-0.4, -0.2) is 49.7 Å². The molecule has 0 bridgehead atoms. The Morgan fingerprint density at radius 1 is 1.43 bits per heavy atom. The SMILES string of the molecule is Cc1ccc(-n2nnc3c(=O)n(CC(=O)NCC4CCCO4)cnc32)cc1Cl. The predicted molar refractivity (Wildman–Crippen MR) is 103 cm³/mol. The van der Waals surface area contributed by atoms with Crippen LogP contribution >= 0.6 is 11.6 Å². The summed E-state index contributed by atoms with van der Waals surface area (Å²) in [6.07, 6.45) is 3.30. The highest BCUT2D eigenvalue weighted by Crippen LogP contribution is 2.20. The summed E-state index contributed by atoms with van der Waals surface area (Å²) in [5.41, 5.74) is 1.55. The molecule has 28 heavy (non-hydrogen) atoms. The Hall–Kier alpha value is -2.78. The standard InChI is InChI=1S/C18H19ClN6O3/c1-11-4-5-12(7-14(11)19)25-17-16(22-23-25)18(27)24(10-21-17)9-15(26)20-8-13-3-2-6-28-13/h4-5,7,10,13H,2-3,6,8-9H2,1H3,(H,20,26). The Bertz CT molecular complexity index is 1090. The average Bonchev–Trinajstić information content (AvgIpc) is 3.34. The van der Waals surface area contributed by atoms with Gasteiger partial charge >= 0.3 is 0 Å². The fraction of sp³-hybridized carbons (Fsp3) is 0.389. The van der Waals surface area contributed by atoms with Crippen molar-refractivity contribution in [1.82, 2.24) is 29.9 Å². The molecule has 9 nitrogen and oxygen atoms in total. The van der Waals surface area contributed by atoms with E-state index in [1.165, 1.54) is 15.6 Å². The maximum Gasteiger partial charge on any atom is 0.284 e.